The number of hydrogen-bond acceptors (Lipinski definition) is 4. The van der Waals surface area contributed by atoms with Crippen molar-refractivity contribution in [1.82, 2.24) is 14.1 Å². The van der Waals surface area contributed by atoms with Crippen molar-refractivity contribution < 1.29 is 17.6 Å². The van der Waals surface area contributed by atoms with Crippen molar-refractivity contribution in [1.29, 1.82) is 0 Å². The molecule has 0 aliphatic carbocycles. The van der Waals surface area contributed by atoms with E-state index in [2.05, 4.69) is 11.8 Å². The molecule has 1 amide bonds. The molecule has 2 aliphatic heterocycles. The molecule has 6 nitrogen and oxygen atoms in total. The van der Waals surface area contributed by atoms with Gasteiger partial charge in [-0.2, -0.15) is 4.31 Å². The van der Waals surface area contributed by atoms with Crippen LogP contribution in [0.3, 0.4) is 0 Å². The van der Waals surface area contributed by atoms with E-state index in [1.807, 2.05) is 0 Å². The largest absolute Gasteiger partial charge is 0.339 e. The fourth-order valence-electron chi connectivity index (χ4n) is 3.66. The van der Waals surface area contributed by atoms with Gasteiger partial charge in [0.15, 0.2) is 0 Å². The highest BCUT2D eigenvalue weighted by molar-refractivity contribution is 7.89. The number of carbonyl (C=O) groups is 1. The normalized spacial score (nSPS) is 23.2. The number of benzene rings is 1. The SMILES string of the molecule is CC1CCCN(CC(=O)N2CCN(S(=O)(=O)c3ccc(F)cc3)CC2)C1. The third-order valence-corrected chi connectivity index (χ3v) is 7.06. The number of piperidine rings is 1. The number of amides is 1. The van der Waals surface area contributed by atoms with Crippen molar-refractivity contribution in [2.24, 2.45) is 5.92 Å². The highest BCUT2D eigenvalue weighted by Gasteiger charge is 2.31. The number of carbonyl (C=O) groups excluding carboxylic acids is 1. The predicted octanol–water partition coefficient (Wildman–Crippen LogP) is 1.39. The van der Waals surface area contributed by atoms with Gasteiger partial charge in [0, 0.05) is 32.7 Å². The summed E-state index contributed by atoms with van der Waals surface area (Å²) in [5, 5.41) is 0. The summed E-state index contributed by atoms with van der Waals surface area (Å²) in [6.45, 7) is 5.83. The number of nitrogens with zero attached hydrogens (tertiary/aromatic N) is 3. The van der Waals surface area contributed by atoms with Gasteiger partial charge in [0.1, 0.15) is 5.82 Å². The quantitative estimate of drug-likeness (QED) is 0.788. The molecule has 2 fully saturated rings. The molecule has 26 heavy (non-hydrogen) atoms. The van der Waals surface area contributed by atoms with Gasteiger partial charge in [-0.05, 0) is 49.6 Å². The zero-order chi connectivity index (χ0) is 18.7. The molecule has 0 bridgehead atoms. The highest BCUT2D eigenvalue weighted by atomic mass is 32.2. The summed E-state index contributed by atoms with van der Waals surface area (Å²) >= 11 is 0. The Balaban J connectivity index is 1.55. The van der Waals surface area contributed by atoms with E-state index in [4.69, 9.17) is 0 Å². The minimum Gasteiger partial charge on any atom is -0.339 e. The van der Waals surface area contributed by atoms with Gasteiger partial charge >= 0.3 is 0 Å². The van der Waals surface area contributed by atoms with E-state index in [0.29, 0.717) is 25.6 Å². The fourth-order valence-corrected chi connectivity index (χ4v) is 5.08. The standard InChI is InChI=1S/C18H26FN3O3S/c1-15-3-2-8-20(13-15)14-18(23)21-9-11-22(12-10-21)26(24,25)17-6-4-16(19)5-7-17/h4-7,15H,2-3,8-14H2,1H3. The maximum absolute atomic E-state index is 13.0. The first kappa shape index (κ1) is 19.3. The van der Waals surface area contributed by atoms with Crippen molar-refractivity contribution >= 4 is 15.9 Å². The Morgan fingerprint density at radius 3 is 2.38 bits per heavy atom. The van der Waals surface area contributed by atoms with Crippen LogP contribution >= 0.6 is 0 Å². The molecular formula is C18H26FN3O3S. The molecule has 8 heteroatoms. The van der Waals surface area contributed by atoms with Crippen molar-refractivity contribution in [2.45, 2.75) is 24.7 Å². The first-order chi connectivity index (χ1) is 12.4. The molecule has 0 N–H and O–H groups in total. The van der Waals surface area contributed by atoms with Gasteiger partial charge in [-0.3, -0.25) is 9.69 Å². The van der Waals surface area contributed by atoms with Gasteiger partial charge in [0.25, 0.3) is 0 Å². The number of sulfonamides is 1. The van der Waals surface area contributed by atoms with Crippen LogP contribution in [0.4, 0.5) is 4.39 Å². The van der Waals surface area contributed by atoms with Crippen molar-refractivity contribution in [3.8, 4) is 0 Å². The molecule has 2 saturated heterocycles. The monoisotopic (exact) mass is 383 g/mol. The number of rotatable bonds is 4. The van der Waals surface area contributed by atoms with E-state index < -0.39 is 15.8 Å². The minimum atomic E-state index is -3.64. The van der Waals surface area contributed by atoms with E-state index >= 15 is 0 Å². The molecule has 1 atom stereocenters. The maximum Gasteiger partial charge on any atom is 0.243 e. The van der Waals surface area contributed by atoms with Crippen molar-refractivity contribution in [2.75, 3.05) is 45.8 Å². The van der Waals surface area contributed by atoms with Crippen LogP contribution in [0, 0.1) is 11.7 Å². The third kappa shape index (κ3) is 4.42. The Labute approximate surface area is 154 Å². The summed E-state index contributed by atoms with van der Waals surface area (Å²) in [7, 11) is -3.64. The van der Waals surface area contributed by atoms with E-state index in [-0.39, 0.29) is 23.9 Å². The van der Waals surface area contributed by atoms with Gasteiger partial charge in [0.05, 0.1) is 11.4 Å². The number of piperazine rings is 1. The van der Waals surface area contributed by atoms with Gasteiger partial charge < -0.3 is 4.90 Å². The smallest absolute Gasteiger partial charge is 0.243 e. The molecular weight excluding hydrogens is 357 g/mol. The van der Waals surface area contributed by atoms with Crippen LogP contribution < -0.4 is 0 Å². The van der Waals surface area contributed by atoms with Crippen molar-refractivity contribution in [3.63, 3.8) is 0 Å². The Bertz CT molecular complexity index is 731. The summed E-state index contributed by atoms with van der Waals surface area (Å²) in [6, 6.07) is 4.85. The minimum absolute atomic E-state index is 0.0675. The molecule has 3 rings (SSSR count). The lowest BCUT2D eigenvalue weighted by atomic mass is 10.0. The second kappa shape index (κ2) is 8.02. The molecule has 0 aromatic heterocycles. The molecule has 1 aromatic carbocycles. The average molecular weight is 383 g/mol. The Kier molecular flexibility index (Phi) is 5.94. The highest BCUT2D eigenvalue weighted by Crippen LogP contribution is 2.19. The van der Waals surface area contributed by atoms with Crippen LogP contribution in [0.25, 0.3) is 0 Å². The Morgan fingerprint density at radius 1 is 1.12 bits per heavy atom. The maximum atomic E-state index is 13.0. The third-order valence-electron chi connectivity index (χ3n) is 5.14. The Morgan fingerprint density at radius 2 is 1.77 bits per heavy atom. The fraction of sp³-hybridized carbons (Fsp3) is 0.611. The molecule has 144 valence electrons. The summed E-state index contributed by atoms with van der Waals surface area (Å²) in [5.41, 5.74) is 0. The molecule has 2 aliphatic rings. The summed E-state index contributed by atoms with van der Waals surface area (Å²) in [4.78, 5) is 16.5. The number of hydrogen-bond donors (Lipinski definition) is 0. The first-order valence-electron chi connectivity index (χ1n) is 9.12. The van der Waals surface area contributed by atoms with Crippen LogP contribution in [0.1, 0.15) is 19.8 Å². The van der Waals surface area contributed by atoms with E-state index in [1.165, 1.54) is 22.9 Å². The zero-order valence-electron chi connectivity index (χ0n) is 15.1. The average Bonchev–Trinajstić information content (AvgIpc) is 2.62. The molecule has 0 saturated carbocycles. The van der Waals surface area contributed by atoms with Crippen LogP contribution in [0.5, 0.6) is 0 Å². The lowest BCUT2D eigenvalue weighted by Crippen LogP contribution is -2.53. The lowest BCUT2D eigenvalue weighted by Gasteiger charge is -2.36. The summed E-state index contributed by atoms with van der Waals surface area (Å²) in [5.74, 6) is 0.221. The Hall–Kier alpha value is -1.51. The van der Waals surface area contributed by atoms with E-state index in [1.54, 1.807) is 4.90 Å². The topological polar surface area (TPSA) is 60.9 Å². The lowest BCUT2D eigenvalue weighted by molar-refractivity contribution is -0.134. The van der Waals surface area contributed by atoms with Gasteiger partial charge in [-0.1, -0.05) is 6.92 Å². The zero-order valence-corrected chi connectivity index (χ0v) is 15.9. The van der Waals surface area contributed by atoms with Gasteiger partial charge in [0.2, 0.25) is 15.9 Å². The second-order valence-electron chi connectivity index (χ2n) is 7.22. The summed E-state index contributed by atoms with van der Waals surface area (Å²) in [6.07, 6.45) is 2.34. The molecule has 2 heterocycles. The van der Waals surface area contributed by atoms with Crippen LogP contribution in [0.2, 0.25) is 0 Å². The van der Waals surface area contributed by atoms with Crippen LogP contribution in [-0.4, -0.2) is 74.2 Å². The molecule has 0 spiro atoms. The van der Waals surface area contributed by atoms with Crippen molar-refractivity contribution in [3.05, 3.63) is 30.1 Å². The van der Waals surface area contributed by atoms with E-state index in [0.717, 1.165) is 31.6 Å². The number of halogens is 1. The second-order valence-corrected chi connectivity index (χ2v) is 9.16. The van der Waals surface area contributed by atoms with E-state index in [9.17, 15) is 17.6 Å². The van der Waals surface area contributed by atoms with Gasteiger partial charge in [-0.25, -0.2) is 12.8 Å². The van der Waals surface area contributed by atoms with Gasteiger partial charge in [-0.15, -0.1) is 0 Å². The molecule has 1 aromatic rings. The summed E-state index contributed by atoms with van der Waals surface area (Å²) < 4.78 is 39.6. The molecule has 0 radical (unpaired) electrons. The molecule has 1 unspecified atom stereocenters. The predicted molar refractivity (Wildman–Crippen MR) is 96.6 cm³/mol. The first-order valence-corrected chi connectivity index (χ1v) is 10.6. The van der Waals surface area contributed by atoms with Crippen LogP contribution in [0.15, 0.2) is 29.2 Å². The van der Waals surface area contributed by atoms with Crippen LogP contribution in [-0.2, 0) is 14.8 Å². The number of likely N-dealkylation sites (tertiary alicyclic amines) is 1.